The molecule has 1 saturated heterocycles. The summed E-state index contributed by atoms with van der Waals surface area (Å²) in [6.45, 7) is 3.21. The molecule has 1 aliphatic heterocycles. The third kappa shape index (κ3) is 2.21. The summed E-state index contributed by atoms with van der Waals surface area (Å²) in [5.41, 5.74) is 1.61. The van der Waals surface area contributed by atoms with Gasteiger partial charge in [0.25, 0.3) is 5.91 Å². The van der Waals surface area contributed by atoms with Crippen molar-refractivity contribution in [2.24, 2.45) is 5.92 Å². The summed E-state index contributed by atoms with van der Waals surface area (Å²) < 4.78 is 0. The first-order valence-corrected chi connectivity index (χ1v) is 6.55. The van der Waals surface area contributed by atoms with E-state index >= 15 is 0 Å². The second kappa shape index (κ2) is 4.66. The lowest BCUT2D eigenvalue weighted by Gasteiger charge is -2.34. The Morgan fingerprint density at radius 2 is 2.37 bits per heavy atom. The minimum atomic E-state index is -0.291. The van der Waals surface area contributed by atoms with Crippen LogP contribution >= 0.6 is 0 Å². The lowest BCUT2D eigenvalue weighted by atomic mass is 9.96. The van der Waals surface area contributed by atoms with Crippen molar-refractivity contribution in [2.45, 2.75) is 19.4 Å². The second-order valence-electron chi connectivity index (χ2n) is 5.26. The van der Waals surface area contributed by atoms with Crippen molar-refractivity contribution in [3.8, 4) is 0 Å². The van der Waals surface area contributed by atoms with Crippen molar-refractivity contribution in [1.82, 2.24) is 15.1 Å². The van der Waals surface area contributed by atoms with Crippen molar-refractivity contribution in [2.75, 3.05) is 13.1 Å². The fourth-order valence-electron chi connectivity index (χ4n) is 2.58. The molecule has 0 radical (unpaired) electrons. The number of hydrogen-bond donors (Lipinski definition) is 2. The van der Waals surface area contributed by atoms with Gasteiger partial charge in [0.1, 0.15) is 0 Å². The van der Waals surface area contributed by atoms with Gasteiger partial charge in [-0.1, -0.05) is 6.92 Å². The molecule has 5 nitrogen and oxygen atoms in total. The predicted octanol–water partition coefficient (Wildman–Crippen LogP) is 1.41. The summed E-state index contributed by atoms with van der Waals surface area (Å²) in [5, 5.41) is 17.5. The van der Waals surface area contributed by atoms with E-state index in [1.165, 1.54) is 0 Å². The number of nitrogens with zero attached hydrogens (tertiary/aromatic N) is 2. The number of aliphatic hydroxyl groups excluding tert-OH is 1. The largest absolute Gasteiger partial charge is 0.393 e. The van der Waals surface area contributed by atoms with Gasteiger partial charge in [-0.2, -0.15) is 5.10 Å². The Morgan fingerprint density at radius 1 is 1.53 bits per heavy atom. The number of rotatable bonds is 1. The predicted molar refractivity (Wildman–Crippen MR) is 71.8 cm³/mol. The Balaban J connectivity index is 1.83. The third-order valence-electron chi connectivity index (χ3n) is 3.83. The summed E-state index contributed by atoms with van der Waals surface area (Å²) in [5.74, 6) is 0.164. The molecule has 2 N–H and O–H groups in total. The average molecular weight is 259 g/mol. The van der Waals surface area contributed by atoms with E-state index in [1.54, 1.807) is 6.20 Å². The molecule has 1 fully saturated rings. The van der Waals surface area contributed by atoms with Crippen LogP contribution in [-0.4, -0.2) is 45.3 Å². The maximum absolute atomic E-state index is 12.4. The maximum atomic E-state index is 12.4. The Labute approximate surface area is 111 Å². The number of H-pyrrole nitrogens is 1. The zero-order valence-electron chi connectivity index (χ0n) is 10.8. The van der Waals surface area contributed by atoms with Crippen molar-refractivity contribution in [3.05, 3.63) is 30.0 Å². The van der Waals surface area contributed by atoms with Gasteiger partial charge in [0.05, 0.1) is 17.8 Å². The number of nitrogens with one attached hydrogen (secondary N) is 1. The van der Waals surface area contributed by atoms with Crippen LogP contribution in [0.2, 0.25) is 0 Å². The Kier molecular flexibility index (Phi) is 2.98. The minimum Gasteiger partial charge on any atom is -0.393 e. The van der Waals surface area contributed by atoms with Crippen LogP contribution in [0.3, 0.4) is 0 Å². The number of aromatic amines is 1. The molecular weight excluding hydrogens is 242 g/mol. The summed E-state index contributed by atoms with van der Waals surface area (Å²) in [4.78, 5) is 14.2. The van der Waals surface area contributed by atoms with Gasteiger partial charge >= 0.3 is 0 Å². The SMILES string of the molecule is CC1CN(C(=O)c2ccc3[nH]ncc3c2)CCC1O. The fraction of sp³-hybridized carbons (Fsp3) is 0.429. The van der Waals surface area contributed by atoms with E-state index in [0.717, 1.165) is 10.9 Å². The van der Waals surface area contributed by atoms with Gasteiger partial charge in [-0.05, 0) is 30.5 Å². The molecule has 0 spiro atoms. The van der Waals surface area contributed by atoms with Crippen LogP contribution in [0.5, 0.6) is 0 Å². The number of carbonyl (C=O) groups excluding carboxylic acids is 1. The molecule has 0 bridgehead atoms. The molecule has 0 aliphatic carbocycles. The molecule has 3 rings (SSSR count). The van der Waals surface area contributed by atoms with E-state index in [9.17, 15) is 9.90 Å². The monoisotopic (exact) mass is 259 g/mol. The van der Waals surface area contributed by atoms with Crippen LogP contribution in [0, 0.1) is 5.92 Å². The van der Waals surface area contributed by atoms with Gasteiger partial charge in [0, 0.05) is 24.0 Å². The van der Waals surface area contributed by atoms with Gasteiger partial charge in [0.2, 0.25) is 0 Å². The lowest BCUT2D eigenvalue weighted by Crippen LogP contribution is -2.44. The quantitative estimate of drug-likeness (QED) is 0.813. The molecule has 19 heavy (non-hydrogen) atoms. The van der Waals surface area contributed by atoms with Crippen LogP contribution in [-0.2, 0) is 0 Å². The molecule has 2 heterocycles. The van der Waals surface area contributed by atoms with Crippen LogP contribution in [0.25, 0.3) is 10.9 Å². The summed E-state index contributed by atoms with van der Waals surface area (Å²) >= 11 is 0. The van der Waals surface area contributed by atoms with E-state index < -0.39 is 0 Å². The number of aliphatic hydroxyl groups is 1. The highest BCUT2D eigenvalue weighted by Gasteiger charge is 2.27. The van der Waals surface area contributed by atoms with Gasteiger partial charge < -0.3 is 10.0 Å². The Morgan fingerprint density at radius 3 is 3.16 bits per heavy atom. The van der Waals surface area contributed by atoms with Crippen molar-refractivity contribution in [3.63, 3.8) is 0 Å². The standard InChI is InChI=1S/C14H17N3O2/c1-9-8-17(5-4-13(9)18)14(19)10-2-3-12-11(6-10)7-15-16-12/h2-3,6-7,9,13,18H,4-5,8H2,1H3,(H,15,16). The van der Waals surface area contributed by atoms with Crippen molar-refractivity contribution >= 4 is 16.8 Å². The molecule has 1 aromatic carbocycles. The number of likely N-dealkylation sites (tertiary alicyclic amines) is 1. The minimum absolute atomic E-state index is 0.0295. The first-order valence-electron chi connectivity index (χ1n) is 6.55. The van der Waals surface area contributed by atoms with Gasteiger partial charge in [-0.3, -0.25) is 9.89 Å². The number of aromatic nitrogens is 2. The van der Waals surface area contributed by atoms with E-state index in [4.69, 9.17) is 0 Å². The molecule has 0 saturated carbocycles. The van der Waals surface area contributed by atoms with E-state index in [0.29, 0.717) is 25.1 Å². The molecule has 100 valence electrons. The van der Waals surface area contributed by atoms with E-state index in [2.05, 4.69) is 10.2 Å². The summed E-state index contributed by atoms with van der Waals surface area (Å²) in [6.07, 6.45) is 2.08. The number of fused-ring (bicyclic) bond motifs is 1. The molecular formula is C14H17N3O2. The van der Waals surface area contributed by atoms with Crippen molar-refractivity contribution in [1.29, 1.82) is 0 Å². The highest BCUT2D eigenvalue weighted by Crippen LogP contribution is 2.20. The Bertz CT molecular complexity index is 608. The van der Waals surface area contributed by atoms with Gasteiger partial charge in [-0.25, -0.2) is 0 Å². The first-order chi connectivity index (χ1) is 9.15. The molecule has 2 unspecified atom stereocenters. The number of benzene rings is 1. The molecule has 5 heteroatoms. The smallest absolute Gasteiger partial charge is 0.253 e. The zero-order valence-corrected chi connectivity index (χ0v) is 10.8. The average Bonchev–Trinajstić information content (AvgIpc) is 2.88. The van der Waals surface area contributed by atoms with Crippen LogP contribution in [0.4, 0.5) is 0 Å². The molecule has 1 amide bonds. The Hall–Kier alpha value is -1.88. The maximum Gasteiger partial charge on any atom is 0.253 e. The normalized spacial score (nSPS) is 23.8. The molecule has 1 aromatic heterocycles. The van der Waals surface area contributed by atoms with Gasteiger partial charge in [-0.15, -0.1) is 0 Å². The third-order valence-corrected chi connectivity index (χ3v) is 3.83. The van der Waals surface area contributed by atoms with E-state index in [1.807, 2.05) is 30.0 Å². The van der Waals surface area contributed by atoms with Crippen molar-refractivity contribution < 1.29 is 9.90 Å². The number of hydrogen-bond acceptors (Lipinski definition) is 3. The molecule has 1 aliphatic rings. The zero-order chi connectivity index (χ0) is 13.4. The number of piperidine rings is 1. The number of amides is 1. The van der Waals surface area contributed by atoms with Gasteiger partial charge in [0.15, 0.2) is 0 Å². The van der Waals surface area contributed by atoms with Crippen LogP contribution < -0.4 is 0 Å². The second-order valence-corrected chi connectivity index (χ2v) is 5.26. The fourth-order valence-corrected chi connectivity index (χ4v) is 2.58. The number of carbonyl (C=O) groups is 1. The first kappa shape index (κ1) is 12.2. The summed E-state index contributed by atoms with van der Waals surface area (Å²) in [7, 11) is 0. The highest BCUT2D eigenvalue weighted by molar-refractivity contribution is 5.97. The van der Waals surface area contributed by atoms with E-state index in [-0.39, 0.29) is 17.9 Å². The lowest BCUT2D eigenvalue weighted by molar-refractivity contribution is 0.0297. The topological polar surface area (TPSA) is 69.2 Å². The molecule has 2 aromatic rings. The van der Waals surface area contributed by atoms with Crippen LogP contribution in [0.1, 0.15) is 23.7 Å². The highest BCUT2D eigenvalue weighted by atomic mass is 16.3. The molecule has 2 atom stereocenters. The summed E-state index contributed by atoms with van der Waals surface area (Å²) in [6, 6.07) is 5.55. The van der Waals surface area contributed by atoms with Crippen LogP contribution in [0.15, 0.2) is 24.4 Å².